The number of ether oxygens (including phenoxy) is 1. The second-order valence-electron chi connectivity index (χ2n) is 4.72. The minimum Gasteiger partial charge on any atom is -0.477 e. The summed E-state index contributed by atoms with van der Waals surface area (Å²) in [4.78, 5) is 5.58. The van der Waals surface area contributed by atoms with Crippen LogP contribution in [0.15, 0.2) is 35.8 Å². The van der Waals surface area contributed by atoms with Crippen LogP contribution in [0.25, 0.3) is 0 Å². The van der Waals surface area contributed by atoms with Gasteiger partial charge in [-0.1, -0.05) is 19.9 Å². The van der Waals surface area contributed by atoms with E-state index in [9.17, 15) is 0 Å². The third-order valence-corrected chi connectivity index (χ3v) is 3.63. The SMILES string of the molecule is CC(C)NCc1ccnc(OCCc2cccs2)c1. The molecular formula is C15H20N2OS. The second-order valence-corrected chi connectivity index (χ2v) is 5.75. The minimum atomic E-state index is 0.483. The van der Waals surface area contributed by atoms with Gasteiger partial charge in [-0.3, -0.25) is 0 Å². The van der Waals surface area contributed by atoms with Gasteiger partial charge in [0.15, 0.2) is 0 Å². The zero-order valence-corrected chi connectivity index (χ0v) is 12.2. The molecule has 19 heavy (non-hydrogen) atoms. The van der Waals surface area contributed by atoms with Crippen LogP contribution >= 0.6 is 11.3 Å². The van der Waals surface area contributed by atoms with E-state index < -0.39 is 0 Å². The molecule has 0 aliphatic carbocycles. The molecule has 0 atom stereocenters. The highest BCUT2D eigenvalue weighted by Crippen LogP contribution is 2.12. The Hall–Kier alpha value is -1.39. The fourth-order valence-electron chi connectivity index (χ4n) is 1.67. The van der Waals surface area contributed by atoms with Crippen molar-refractivity contribution in [3.8, 4) is 5.88 Å². The van der Waals surface area contributed by atoms with Gasteiger partial charge in [-0.05, 0) is 23.1 Å². The quantitative estimate of drug-likeness (QED) is 0.843. The molecule has 102 valence electrons. The van der Waals surface area contributed by atoms with Crippen LogP contribution in [0.5, 0.6) is 5.88 Å². The molecule has 0 saturated carbocycles. The van der Waals surface area contributed by atoms with Crippen LogP contribution in [0.2, 0.25) is 0 Å². The third-order valence-electron chi connectivity index (χ3n) is 2.69. The number of aromatic nitrogens is 1. The van der Waals surface area contributed by atoms with Gasteiger partial charge >= 0.3 is 0 Å². The van der Waals surface area contributed by atoms with Crippen LogP contribution in [0.4, 0.5) is 0 Å². The molecule has 2 aromatic rings. The van der Waals surface area contributed by atoms with E-state index in [1.807, 2.05) is 12.1 Å². The Morgan fingerprint density at radius 3 is 3.00 bits per heavy atom. The van der Waals surface area contributed by atoms with E-state index in [0.29, 0.717) is 18.5 Å². The van der Waals surface area contributed by atoms with Crippen molar-refractivity contribution < 1.29 is 4.74 Å². The molecule has 0 unspecified atom stereocenters. The van der Waals surface area contributed by atoms with E-state index in [1.54, 1.807) is 17.5 Å². The maximum Gasteiger partial charge on any atom is 0.213 e. The van der Waals surface area contributed by atoms with Crippen LogP contribution < -0.4 is 10.1 Å². The maximum absolute atomic E-state index is 5.69. The number of hydrogen-bond donors (Lipinski definition) is 1. The van der Waals surface area contributed by atoms with E-state index in [4.69, 9.17) is 4.74 Å². The van der Waals surface area contributed by atoms with Gasteiger partial charge in [0.25, 0.3) is 0 Å². The minimum absolute atomic E-state index is 0.483. The van der Waals surface area contributed by atoms with E-state index in [0.717, 1.165) is 13.0 Å². The number of pyridine rings is 1. The molecule has 0 aliphatic heterocycles. The number of nitrogens with zero attached hydrogens (tertiary/aromatic N) is 1. The average molecular weight is 276 g/mol. The van der Waals surface area contributed by atoms with Crippen molar-refractivity contribution in [2.45, 2.75) is 32.9 Å². The summed E-state index contributed by atoms with van der Waals surface area (Å²) >= 11 is 1.76. The van der Waals surface area contributed by atoms with Gasteiger partial charge in [0.1, 0.15) is 0 Å². The third kappa shape index (κ3) is 5.01. The lowest BCUT2D eigenvalue weighted by molar-refractivity contribution is 0.310. The Balaban J connectivity index is 1.81. The molecule has 0 spiro atoms. The van der Waals surface area contributed by atoms with E-state index >= 15 is 0 Å². The smallest absolute Gasteiger partial charge is 0.213 e. The zero-order chi connectivity index (χ0) is 13.5. The van der Waals surface area contributed by atoms with Gasteiger partial charge in [0, 0.05) is 36.1 Å². The Bertz CT molecular complexity index is 483. The Labute approximate surface area is 118 Å². The fourth-order valence-corrected chi connectivity index (χ4v) is 2.36. The van der Waals surface area contributed by atoms with Crippen molar-refractivity contribution in [1.29, 1.82) is 0 Å². The van der Waals surface area contributed by atoms with Gasteiger partial charge in [0.2, 0.25) is 5.88 Å². The summed E-state index contributed by atoms with van der Waals surface area (Å²) in [7, 11) is 0. The van der Waals surface area contributed by atoms with E-state index in [2.05, 4.69) is 41.7 Å². The fraction of sp³-hybridized carbons (Fsp3) is 0.400. The molecule has 4 heteroatoms. The van der Waals surface area contributed by atoms with E-state index in [-0.39, 0.29) is 0 Å². The molecule has 0 aromatic carbocycles. The summed E-state index contributed by atoms with van der Waals surface area (Å²) in [5.41, 5.74) is 1.20. The first-order valence-corrected chi connectivity index (χ1v) is 7.45. The first-order chi connectivity index (χ1) is 9.24. The Kier molecular flexibility index (Phi) is 5.36. The molecule has 3 nitrogen and oxygen atoms in total. The van der Waals surface area contributed by atoms with Gasteiger partial charge < -0.3 is 10.1 Å². The second kappa shape index (κ2) is 7.26. The number of rotatable bonds is 7. The Morgan fingerprint density at radius 1 is 1.37 bits per heavy atom. The topological polar surface area (TPSA) is 34.2 Å². The van der Waals surface area contributed by atoms with Gasteiger partial charge in [0.05, 0.1) is 6.61 Å². The van der Waals surface area contributed by atoms with Gasteiger partial charge in [-0.25, -0.2) is 4.98 Å². The van der Waals surface area contributed by atoms with Crippen LogP contribution in [-0.2, 0) is 13.0 Å². The van der Waals surface area contributed by atoms with Crippen molar-refractivity contribution in [1.82, 2.24) is 10.3 Å². The van der Waals surface area contributed by atoms with Crippen molar-refractivity contribution in [2.24, 2.45) is 0 Å². The van der Waals surface area contributed by atoms with Crippen molar-refractivity contribution in [3.63, 3.8) is 0 Å². The monoisotopic (exact) mass is 276 g/mol. The lowest BCUT2D eigenvalue weighted by Gasteiger charge is -2.09. The molecule has 1 N–H and O–H groups in total. The van der Waals surface area contributed by atoms with Gasteiger partial charge in [-0.2, -0.15) is 0 Å². The molecule has 2 rings (SSSR count). The first-order valence-electron chi connectivity index (χ1n) is 6.57. The van der Waals surface area contributed by atoms with Crippen LogP contribution in [0, 0.1) is 0 Å². The molecule has 0 aliphatic rings. The number of nitrogens with one attached hydrogen (secondary N) is 1. The van der Waals surface area contributed by atoms with Crippen LogP contribution in [0.3, 0.4) is 0 Å². The summed E-state index contributed by atoms with van der Waals surface area (Å²) in [5.74, 6) is 0.708. The molecule has 2 heterocycles. The standard InChI is InChI=1S/C15H20N2OS/c1-12(2)17-11-13-5-7-16-15(10-13)18-8-6-14-4-3-9-19-14/h3-5,7,9-10,12,17H,6,8,11H2,1-2H3. The van der Waals surface area contributed by atoms with Crippen LogP contribution in [-0.4, -0.2) is 17.6 Å². The average Bonchev–Trinajstić information content (AvgIpc) is 2.90. The van der Waals surface area contributed by atoms with Gasteiger partial charge in [-0.15, -0.1) is 11.3 Å². The largest absolute Gasteiger partial charge is 0.477 e. The number of hydrogen-bond acceptors (Lipinski definition) is 4. The van der Waals surface area contributed by atoms with E-state index in [1.165, 1.54) is 10.4 Å². The molecule has 0 radical (unpaired) electrons. The predicted molar refractivity (Wildman–Crippen MR) is 79.7 cm³/mol. The normalized spacial score (nSPS) is 10.9. The summed E-state index contributed by atoms with van der Waals surface area (Å²) < 4.78 is 5.69. The molecule has 0 amide bonds. The lowest BCUT2D eigenvalue weighted by atomic mass is 10.2. The summed E-state index contributed by atoms with van der Waals surface area (Å²) in [6, 6.07) is 8.70. The van der Waals surface area contributed by atoms with Crippen molar-refractivity contribution >= 4 is 11.3 Å². The molecular weight excluding hydrogens is 256 g/mol. The van der Waals surface area contributed by atoms with Crippen molar-refractivity contribution in [2.75, 3.05) is 6.61 Å². The lowest BCUT2D eigenvalue weighted by Crippen LogP contribution is -2.21. The summed E-state index contributed by atoms with van der Waals surface area (Å²) in [6.45, 7) is 5.80. The molecule has 0 fully saturated rings. The zero-order valence-electron chi connectivity index (χ0n) is 11.4. The highest BCUT2D eigenvalue weighted by Gasteiger charge is 2.00. The Morgan fingerprint density at radius 2 is 2.26 bits per heavy atom. The maximum atomic E-state index is 5.69. The highest BCUT2D eigenvalue weighted by atomic mass is 32.1. The summed E-state index contributed by atoms with van der Waals surface area (Å²) in [5, 5.41) is 5.47. The number of thiophene rings is 1. The summed E-state index contributed by atoms with van der Waals surface area (Å²) in [6.07, 6.45) is 2.74. The molecule has 0 bridgehead atoms. The van der Waals surface area contributed by atoms with Crippen molar-refractivity contribution in [3.05, 3.63) is 46.3 Å². The predicted octanol–water partition coefficient (Wildman–Crippen LogP) is 3.26. The first kappa shape index (κ1) is 14.0. The van der Waals surface area contributed by atoms with Crippen LogP contribution in [0.1, 0.15) is 24.3 Å². The molecule has 0 saturated heterocycles. The highest BCUT2D eigenvalue weighted by molar-refractivity contribution is 7.09. The molecule has 2 aromatic heterocycles.